The molecule has 1 heterocycles. The molecule has 106 valence electrons. The van der Waals surface area contributed by atoms with E-state index >= 15 is 0 Å². The highest BCUT2D eigenvalue weighted by molar-refractivity contribution is 7.99. The van der Waals surface area contributed by atoms with E-state index in [9.17, 15) is 14.0 Å². The molecule has 3 rings (SSSR count). The van der Waals surface area contributed by atoms with Crippen LogP contribution in [0.3, 0.4) is 0 Å². The maximum atomic E-state index is 13.3. The van der Waals surface area contributed by atoms with Gasteiger partial charge in [0, 0.05) is 17.2 Å². The van der Waals surface area contributed by atoms with Crippen LogP contribution < -0.4 is 4.90 Å². The van der Waals surface area contributed by atoms with E-state index in [-0.39, 0.29) is 5.56 Å². The summed E-state index contributed by atoms with van der Waals surface area (Å²) in [6.45, 7) is 0.376. The lowest BCUT2D eigenvalue weighted by Gasteiger charge is -2.16. The second-order valence-corrected chi connectivity index (χ2v) is 5.78. The summed E-state index contributed by atoms with van der Waals surface area (Å²) < 4.78 is 13.3. The topological polar surface area (TPSA) is 37.4 Å². The highest BCUT2D eigenvalue weighted by Gasteiger charge is 2.35. The van der Waals surface area contributed by atoms with Crippen LogP contribution in [0, 0.1) is 5.82 Å². The number of halogens is 1. The average Bonchev–Trinajstić information content (AvgIpc) is 2.73. The molecule has 5 heteroatoms. The summed E-state index contributed by atoms with van der Waals surface area (Å²) in [7, 11) is 0. The lowest BCUT2D eigenvalue weighted by Crippen LogP contribution is -2.31. The molecular formula is C16H12FNO2S. The van der Waals surface area contributed by atoms with Gasteiger partial charge in [0.1, 0.15) is 5.82 Å². The van der Waals surface area contributed by atoms with Gasteiger partial charge >= 0.3 is 0 Å². The Hall–Kier alpha value is -2.14. The van der Waals surface area contributed by atoms with Crippen LogP contribution >= 0.6 is 11.8 Å². The lowest BCUT2D eigenvalue weighted by atomic mass is 10.1. The van der Waals surface area contributed by atoms with E-state index < -0.39 is 17.5 Å². The van der Waals surface area contributed by atoms with Crippen molar-refractivity contribution in [3.05, 3.63) is 59.9 Å². The van der Waals surface area contributed by atoms with Gasteiger partial charge in [0.05, 0.1) is 11.3 Å². The minimum Gasteiger partial charge on any atom is -0.304 e. The summed E-state index contributed by atoms with van der Waals surface area (Å²) in [5.74, 6) is -0.949. The zero-order valence-corrected chi connectivity index (χ0v) is 11.9. The lowest BCUT2D eigenvalue weighted by molar-refractivity contribution is -0.114. The zero-order chi connectivity index (χ0) is 14.8. The van der Waals surface area contributed by atoms with Crippen LogP contribution in [-0.2, 0) is 4.79 Å². The number of carbonyl (C=O) groups is 2. The molecule has 2 aromatic rings. The smallest absolute Gasteiger partial charge is 0.299 e. The summed E-state index contributed by atoms with van der Waals surface area (Å²) >= 11 is 1.59. The number of carbonyl (C=O) groups excluding carboxylic acids is 2. The van der Waals surface area contributed by atoms with Crippen LogP contribution in [0.1, 0.15) is 10.4 Å². The quantitative estimate of drug-likeness (QED) is 0.643. The van der Waals surface area contributed by atoms with Gasteiger partial charge in [-0.1, -0.05) is 18.2 Å². The third-order valence-electron chi connectivity index (χ3n) is 3.26. The zero-order valence-electron chi connectivity index (χ0n) is 11.1. The van der Waals surface area contributed by atoms with E-state index in [1.165, 1.54) is 23.1 Å². The largest absolute Gasteiger partial charge is 0.304 e. The Labute approximate surface area is 125 Å². The molecule has 1 aliphatic heterocycles. The van der Waals surface area contributed by atoms with Crippen molar-refractivity contribution >= 4 is 29.1 Å². The van der Waals surface area contributed by atoms with Crippen LogP contribution in [0.4, 0.5) is 10.1 Å². The van der Waals surface area contributed by atoms with Crippen molar-refractivity contribution in [3.63, 3.8) is 0 Å². The molecule has 0 aromatic heterocycles. The molecular weight excluding hydrogens is 289 g/mol. The highest BCUT2D eigenvalue weighted by atomic mass is 32.2. The van der Waals surface area contributed by atoms with Crippen molar-refractivity contribution in [3.8, 4) is 0 Å². The predicted molar refractivity (Wildman–Crippen MR) is 80.2 cm³/mol. The number of ketones is 1. The first-order valence-electron chi connectivity index (χ1n) is 6.50. The van der Waals surface area contributed by atoms with Crippen molar-refractivity contribution in [1.29, 1.82) is 0 Å². The number of hydrogen-bond acceptors (Lipinski definition) is 3. The fourth-order valence-electron chi connectivity index (χ4n) is 2.26. The minimum atomic E-state index is -0.579. The summed E-state index contributed by atoms with van der Waals surface area (Å²) in [5, 5.41) is 0. The van der Waals surface area contributed by atoms with Gasteiger partial charge in [-0.3, -0.25) is 9.59 Å². The number of anilines is 1. The molecule has 3 nitrogen and oxygen atoms in total. The Balaban J connectivity index is 1.73. The number of Topliss-reactive ketones (excluding diaryl/α,β-unsaturated/α-hetero) is 1. The summed E-state index contributed by atoms with van der Waals surface area (Å²) in [6.07, 6.45) is 0. The van der Waals surface area contributed by atoms with Crippen molar-refractivity contribution in [1.82, 2.24) is 0 Å². The second kappa shape index (κ2) is 5.69. The second-order valence-electron chi connectivity index (χ2n) is 4.61. The van der Waals surface area contributed by atoms with Crippen molar-refractivity contribution < 1.29 is 14.0 Å². The summed E-state index contributed by atoms with van der Waals surface area (Å²) in [6, 6.07) is 13.6. The van der Waals surface area contributed by atoms with Gasteiger partial charge in [0.15, 0.2) is 0 Å². The minimum absolute atomic E-state index is 0.283. The van der Waals surface area contributed by atoms with Gasteiger partial charge in [-0.05, 0) is 30.3 Å². The summed E-state index contributed by atoms with van der Waals surface area (Å²) in [5.41, 5.74) is 0.657. The molecule has 0 radical (unpaired) electrons. The first-order chi connectivity index (χ1) is 10.2. The van der Waals surface area contributed by atoms with E-state index in [0.29, 0.717) is 18.0 Å². The first kappa shape index (κ1) is 13.8. The number of thioether (sulfide) groups is 1. The van der Waals surface area contributed by atoms with Gasteiger partial charge in [-0.25, -0.2) is 4.39 Å². The first-order valence-corrected chi connectivity index (χ1v) is 7.49. The molecule has 2 aromatic carbocycles. The molecule has 0 N–H and O–H groups in total. The van der Waals surface area contributed by atoms with Crippen LogP contribution in [0.5, 0.6) is 0 Å². The molecule has 21 heavy (non-hydrogen) atoms. The standard InChI is InChI=1S/C16H12FNO2S/c17-11-6-7-13-14(10-11)18(16(20)15(13)19)8-9-21-12-4-2-1-3-5-12/h1-7,10H,8-9H2. The normalized spacial score (nSPS) is 13.7. The van der Waals surface area contributed by atoms with Crippen LogP contribution in [-0.4, -0.2) is 24.0 Å². The Morgan fingerprint density at radius 2 is 1.81 bits per heavy atom. The molecule has 0 unspecified atom stereocenters. The van der Waals surface area contributed by atoms with E-state index in [4.69, 9.17) is 0 Å². The molecule has 0 bridgehead atoms. The van der Waals surface area contributed by atoms with Crippen molar-refractivity contribution in [2.24, 2.45) is 0 Å². The van der Waals surface area contributed by atoms with Gasteiger partial charge in [0.2, 0.25) is 0 Å². The van der Waals surface area contributed by atoms with Crippen LogP contribution in [0.15, 0.2) is 53.4 Å². The van der Waals surface area contributed by atoms with Crippen molar-refractivity contribution in [2.75, 3.05) is 17.2 Å². The van der Waals surface area contributed by atoms with E-state index in [2.05, 4.69) is 0 Å². The van der Waals surface area contributed by atoms with Gasteiger partial charge < -0.3 is 4.90 Å². The van der Waals surface area contributed by atoms with Gasteiger partial charge in [0.25, 0.3) is 11.7 Å². The highest BCUT2D eigenvalue weighted by Crippen LogP contribution is 2.30. The fraction of sp³-hybridized carbons (Fsp3) is 0.125. The third-order valence-corrected chi connectivity index (χ3v) is 4.25. The third kappa shape index (κ3) is 2.69. The monoisotopic (exact) mass is 301 g/mol. The number of fused-ring (bicyclic) bond motifs is 1. The molecule has 0 saturated carbocycles. The average molecular weight is 301 g/mol. The molecule has 0 atom stereocenters. The molecule has 0 fully saturated rings. The Morgan fingerprint density at radius 3 is 2.57 bits per heavy atom. The predicted octanol–water partition coefficient (Wildman–Crippen LogP) is 3.15. The van der Waals surface area contributed by atoms with E-state index in [1.54, 1.807) is 11.8 Å². The van der Waals surface area contributed by atoms with Crippen molar-refractivity contribution in [2.45, 2.75) is 4.90 Å². The molecule has 0 aliphatic carbocycles. The Bertz CT molecular complexity index is 703. The summed E-state index contributed by atoms with van der Waals surface area (Å²) in [4.78, 5) is 26.2. The maximum Gasteiger partial charge on any atom is 0.299 e. The molecule has 0 saturated heterocycles. The fourth-order valence-corrected chi connectivity index (χ4v) is 3.12. The van der Waals surface area contributed by atoms with E-state index in [1.807, 2.05) is 30.3 Å². The number of benzene rings is 2. The number of amides is 1. The van der Waals surface area contributed by atoms with Gasteiger partial charge in [-0.15, -0.1) is 11.8 Å². The maximum absolute atomic E-state index is 13.3. The van der Waals surface area contributed by atoms with Crippen LogP contribution in [0.2, 0.25) is 0 Å². The number of rotatable bonds is 4. The molecule has 1 amide bonds. The number of nitrogens with zero attached hydrogens (tertiary/aromatic N) is 1. The molecule has 1 aliphatic rings. The number of hydrogen-bond donors (Lipinski definition) is 0. The van der Waals surface area contributed by atoms with E-state index in [0.717, 1.165) is 4.90 Å². The molecule has 0 spiro atoms. The SMILES string of the molecule is O=C1C(=O)N(CCSc2ccccc2)c2cc(F)ccc21. The Morgan fingerprint density at radius 1 is 1.05 bits per heavy atom. The van der Waals surface area contributed by atoms with Crippen LogP contribution in [0.25, 0.3) is 0 Å². The van der Waals surface area contributed by atoms with Gasteiger partial charge in [-0.2, -0.15) is 0 Å². The Kier molecular flexibility index (Phi) is 3.75.